The largest absolute Gasteiger partial charge is 0.465 e. The molecule has 0 saturated heterocycles. The van der Waals surface area contributed by atoms with Crippen molar-refractivity contribution in [3.05, 3.63) is 92.3 Å². The first-order chi connectivity index (χ1) is 15.8. The lowest BCUT2D eigenvalue weighted by Crippen LogP contribution is -2.26. The summed E-state index contributed by atoms with van der Waals surface area (Å²) in [4.78, 5) is 39.3. The number of carbonyl (C=O) groups excluding carboxylic acids is 2. The first-order valence-electron chi connectivity index (χ1n) is 10.3. The van der Waals surface area contributed by atoms with Crippen LogP contribution in [0, 0.1) is 20.8 Å². The Bertz CT molecular complexity index is 1410. The van der Waals surface area contributed by atoms with Gasteiger partial charge in [-0.25, -0.2) is 9.48 Å². The van der Waals surface area contributed by atoms with Gasteiger partial charge in [0.05, 0.1) is 17.6 Å². The molecule has 1 aromatic carbocycles. The molecule has 0 unspecified atom stereocenters. The molecule has 7 nitrogen and oxygen atoms in total. The molecule has 0 aliphatic rings. The quantitative estimate of drug-likeness (QED) is 0.315. The van der Waals surface area contributed by atoms with Gasteiger partial charge in [0, 0.05) is 33.6 Å². The molecule has 0 amide bonds. The molecule has 0 fully saturated rings. The molecule has 168 valence electrons. The molecule has 0 saturated carbocycles. The highest BCUT2D eigenvalue weighted by molar-refractivity contribution is 7.15. The van der Waals surface area contributed by atoms with Crippen molar-refractivity contribution in [2.24, 2.45) is 0 Å². The minimum Gasteiger partial charge on any atom is -0.465 e. The second-order valence-electron chi connectivity index (χ2n) is 7.71. The number of nitrogens with zero attached hydrogens (tertiary/aromatic N) is 3. The summed E-state index contributed by atoms with van der Waals surface area (Å²) < 4.78 is 7.90. The van der Waals surface area contributed by atoms with Gasteiger partial charge in [0.1, 0.15) is 12.2 Å². The van der Waals surface area contributed by atoms with Crippen LogP contribution in [0.25, 0.3) is 16.3 Å². The van der Waals surface area contributed by atoms with E-state index in [9.17, 15) is 14.4 Å². The van der Waals surface area contributed by atoms with Crippen molar-refractivity contribution in [2.75, 3.05) is 7.11 Å². The molecule has 8 heteroatoms. The topological polar surface area (TPSA) is 83.2 Å². The van der Waals surface area contributed by atoms with Gasteiger partial charge >= 0.3 is 5.97 Å². The van der Waals surface area contributed by atoms with E-state index < -0.39 is 5.97 Å². The normalized spacial score (nSPS) is 10.9. The number of rotatable bonds is 6. The van der Waals surface area contributed by atoms with Gasteiger partial charge in [-0.3, -0.25) is 9.59 Å². The van der Waals surface area contributed by atoms with Crippen LogP contribution in [0.15, 0.2) is 59.4 Å². The molecular weight excluding hydrogens is 438 g/mol. The summed E-state index contributed by atoms with van der Waals surface area (Å²) in [5.41, 5.74) is 3.75. The Labute approximate surface area is 194 Å². The number of ether oxygens (including phenoxy) is 1. The number of benzene rings is 1. The number of hydrogen-bond donors (Lipinski definition) is 0. The number of aromatic nitrogens is 3. The van der Waals surface area contributed by atoms with E-state index in [0.29, 0.717) is 16.8 Å². The molecule has 0 N–H and O–H groups in total. The molecule has 3 heterocycles. The third-order valence-corrected chi connectivity index (χ3v) is 6.45. The summed E-state index contributed by atoms with van der Waals surface area (Å²) in [6, 6.07) is 15.9. The number of Topliss-reactive ketones (excluding diaryl/α,β-unsaturated/α-hetero) is 1. The highest BCUT2D eigenvalue weighted by Gasteiger charge is 2.19. The van der Waals surface area contributed by atoms with Crippen molar-refractivity contribution in [3.8, 4) is 16.3 Å². The van der Waals surface area contributed by atoms with Gasteiger partial charge in [0.15, 0.2) is 5.78 Å². The average Bonchev–Trinajstić information content (AvgIpc) is 3.37. The minimum atomic E-state index is -0.406. The Morgan fingerprint density at radius 3 is 2.36 bits per heavy atom. The first kappa shape index (κ1) is 22.4. The predicted molar refractivity (Wildman–Crippen MR) is 127 cm³/mol. The Morgan fingerprint density at radius 2 is 1.73 bits per heavy atom. The smallest absolute Gasteiger partial charge is 0.337 e. The first-order valence-corrected chi connectivity index (χ1v) is 11.2. The Morgan fingerprint density at radius 1 is 1.00 bits per heavy atom. The molecule has 4 aromatic rings. The zero-order chi connectivity index (χ0) is 23.7. The standard InChI is InChI=1S/C25H23N3O4S/c1-15-13-20(17(3)28(15)19-8-6-18(7-9-19)25(31)32-4)22(29)14-27-24(30)12-10-21(26-27)23-11-5-16(2)33-23/h5-13H,14H2,1-4H3. The molecule has 4 rings (SSSR count). The number of hydrogen-bond acceptors (Lipinski definition) is 6. The molecule has 33 heavy (non-hydrogen) atoms. The van der Waals surface area contributed by atoms with Crippen LogP contribution < -0.4 is 5.56 Å². The lowest BCUT2D eigenvalue weighted by molar-refractivity contribution is 0.0600. The molecule has 0 bridgehead atoms. The average molecular weight is 462 g/mol. The summed E-state index contributed by atoms with van der Waals surface area (Å²) >= 11 is 1.59. The monoisotopic (exact) mass is 461 g/mol. The van der Waals surface area contributed by atoms with Crippen molar-refractivity contribution in [1.82, 2.24) is 14.3 Å². The van der Waals surface area contributed by atoms with Gasteiger partial charge in [-0.2, -0.15) is 5.10 Å². The molecular formula is C25H23N3O4S. The number of ketones is 1. The second-order valence-corrected chi connectivity index (χ2v) is 8.99. The second kappa shape index (κ2) is 8.99. The van der Waals surface area contributed by atoms with Gasteiger partial charge in [0.25, 0.3) is 5.56 Å². The van der Waals surface area contributed by atoms with Crippen molar-refractivity contribution in [3.63, 3.8) is 0 Å². The maximum atomic E-state index is 13.1. The summed E-state index contributed by atoms with van der Waals surface area (Å²) in [6.07, 6.45) is 0. The van der Waals surface area contributed by atoms with Crippen molar-refractivity contribution in [1.29, 1.82) is 0 Å². The Balaban J connectivity index is 1.63. The van der Waals surface area contributed by atoms with E-state index in [1.54, 1.807) is 41.7 Å². The van der Waals surface area contributed by atoms with Crippen LogP contribution in [-0.2, 0) is 11.3 Å². The summed E-state index contributed by atoms with van der Waals surface area (Å²) in [6.45, 7) is 5.62. The highest BCUT2D eigenvalue weighted by atomic mass is 32.1. The summed E-state index contributed by atoms with van der Waals surface area (Å²) in [5, 5.41) is 4.42. The molecule has 0 aliphatic heterocycles. The van der Waals surface area contributed by atoms with E-state index in [4.69, 9.17) is 4.74 Å². The van der Waals surface area contributed by atoms with E-state index in [0.717, 1.165) is 26.8 Å². The molecule has 0 atom stereocenters. The van der Waals surface area contributed by atoms with Crippen LogP contribution in [0.1, 0.15) is 37.0 Å². The fourth-order valence-electron chi connectivity index (χ4n) is 3.79. The zero-order valence-corrected chi connectivity index (χ0v) is 19.6. The van der Waals surface area contributed by atoms with E-state index in [1.165, 1.54) is 17.9 Å². The van der Waals surface area contributed by atoms with E-state index in [2.05, 4.69) is 5.10 Å². The Kier molecular flexibility index (Phi) is 6.11. The third-order valence-electron chi connectivity index (χ3n) is 5.43. The number of methoxy groups -OCH3 is 1. The SMILES string of the molecule is COC(=O)c1ccc(-n2c(C)cc(C(=O)Cn3nc(-c4ccc(C)s4)ccc3=O)c2C)cc1. The number of carbonyl (C=O) groups is 2. The van der Waals surface area contributed by atoms with Crippen LogP contribution in [-0.4, -0.2) is 33.2 Å². The van der Waals surface area contributed by atoms with E-state index in [1.807, 2.05) is 43.5 Å². The Hall–Kier alpha value is -3.78. The molecule has 0 spiro atoms. The fourth-order valence-corrected chi connectivity index (χ4v) is 4.63. The molecule has 3 aromatic heterocycles. The fraction of sp³-hybridized carbons (Fsp3) is 0.200. The van der Waals surface area contributed by atoms with Crippen LogP contribution in [0.4, 0.5) is 0 Å². The minimum absolute atomic E-state index is 0.150. The zero-order valence-electron chi connectivity index (χ0n) is 18.8. The van der Waals surface area contributed by atoms with Crippen LogP contribution >= 0.6 is 11.3 Å². The number of aryl methyl sites for hydroxylation is 2. The summed E-state index contributed by atoms with van der Waals surface area (Å²) in [5.74, 6) is -0.606. The maximum absolute atomic E-state index is 13.1. The van der Waals surface area contributed by atoms with Gasteiger partial charge in [-0.05, 0) is 69.3 Å². The predicted octanol–water partition coefficient (Wildman–Crippen LogP) is 4.36. The van der Waals surface area contributed by atoms with Gasteiger partial charge in [-0.1, -0.05) is 0 Å². The number of esters is 1. The van der Waals surface area contributed by atoms with Crippen LogP contribution in [0.2, 0.25) is 0 Å². The lowest BCUT2D eigenvalue weighted by Gasteiger charge is -2.11. The van der Waals surface area contributed by atoms with Crippen molar-refractivity contribution < 1.29 is 14.3 Å². The third kappa shape index (κ3) is 4.42. The molecule has 0 aliphatic carbocycles. The van der Waals surface area contributed by atoms with Gasteiger partial charge in [-0.15, -0.1) is 11.3 Å². The number of thiophene rings is 1. The van der Waals surface area contributed by atoms with Gasteiger partial charge in [0.2, 0.25) is 0 Å². The maximum Gasteiger partial charge on any atom is 0.337 e. The molecule has 0 radical (unpaired) electrons. The van der Waals surface area contributed by atoms with Crippen molar-refractivity contribution >= 4 is 23.1 Å². The van der Waals surface area contributed by atoms with E-state index in [-0.39, 0.29) is 17.9 Å². The highest BCUT2D eigenvalue weighted by Crippen LogP contribution is 2.25. The summed E-state index contributed by atoms with van der Waals surface area (Å²) in [7, 11) is 1.34. The van der Waals surface area contributed by atoms with Gasteiger partial charge < -0.3 is 9.30 Å². The van der Waals surface area contributed by atoms with Crippen molar-refractivity contribution in [2.45, 2.75) is 27.3 Å². The lowest BCUT2D eigenvalue weighted by atomic mass is 10.1. The van der Waals surface area contributed by atoms with Crippen LogP contribution in [0.3, 0.4) is 0 Å². The van der Waals surface area contributed by atoms with Crippen LogP contribution in [0.5, 0.6) is 0 Å². The van der Waals surface area contributed by atoms with E-state index >= 15 is 0 Å².